The summed E-state index contributed by atoms with van der Waals surface area (Å²) >= 11 is 0. The van der Waals surface area contributed by atoms with Crippen LogP contribution in [0.3, 0.4) is 0 Å². The molecule has 6 nitrogen and oxygen atoms in total. The molecule has 31 heavy (non-hydrogen) atoms. The van der Waals surface area contributed by atoms with E-state index in [1.807, 2.05) is 10.6 Å². The number of piperidine rings is 1. The number of fused-ring (bicyclic) bond motifs is 1. The van der Waals surface area contributed by atoms with Crippen LogP contribution >= 0.6 is 0 Å². The Labute approximate surface area is 183 Å². The van der Waals surface area contributed by atoms with Crippen LogP contribution in [-0.2, 0) is 13.1 Å². The molecule has 4 rings (SSSR count). The van der Waals surface area contributed by atoms with Gasteiger partial charge in [0.25, 0.3) is 5.56 Å². The van der Waals surface area contributed by atoms with Crippen LogP contribution in [0.5, 0.6) is 5.75 Å². The molecule has 0 amide bonds. The lowest BCUT2D eigenvalue weighted by Crippen LogP contribution is -2.43. The van der Waals surface area contributed by atoms with E-state index in [1.54, 1.807) is 25.4 Å². The molecule has 0 spiro atoms. The third kappa shape index (κ3) is 5.14. The fraction of sp³-hybridized carbons (Fsp3) is 0.440. The Morgan fingerprint density at radius 3 is 2.61 bits per heavy atom. The Hall–Kier alpha value is -2.70. The third-order valence-electron chi connectivity index (χ3n) is 6.44. The molecule has 0 bridgehead atoms. The number of hydrogen-bond donors (Lipinski definition) is 1. The highest BCUT2D eigenvalue weighted by Gasteiger charge is 2.19. The maximum absolute atomic E-state index is 12.5. The van der Waals surface area contributed by atoms with E-state index in [4.69, 9.17) is 4.74 Å². The maximum atomic E-state index is 12.5. The molecule has 164 valence electrons. The first kappa shape index (κ1) is 21.5. The SMILES string of the molecule is COc1cnc2ccc(=O)n(CCN3CCC(NCc4ccc(C)c(C)c4)CC3)c2c1. The molecule has 3 heterocycles. The lowest BCUT2D eigenvalue weighted by molar-refractivity contribution is 0.191. The predicted octanol–water partition coefficient (Wildman–Crippen LogP) is 3.28. The summed E-state index contributed by atoms with van der Waals surface area (Å²) in [7, 11) is 1.62. The Balaban J connectivity index is 1.31. The summed E-state index contributed by atoms with van der Waals surface area (Å²) < 4.78 is 7.11. The molecule has 1 aromatic carbocycles. The van der Waals surface area contributed by atoms with Crippen molar-refractivity contribution < 1.29 is 4.74 Å². The van der Waals surface area contributed by atoms with E-state index in [2.05, 4.69) is 47.2 Å². The number of benzene rings is 1. The van der Waals surface area contributed by atoms with Crippen LogP contribution in [0.25, 0.3) is 11.0 Å². The van der Waals surface area contributed by atoms with E-state index in [0.29, 0.717) is 18.3 Å². The number of nitrogens with zero attached hydrogens (tertiary/aromatic N) is 3. The largest absolute Gasteiger partial charge is 0.495 e. The fourth-order valence-corrected chi connectivity index (χ4v) is 4.27. The number of hydrogen-bond acceptors (Lipinski definition) is 5. The highest BCUT2D eigenvalue weighted by Crippen LogP contribution is 2.17. The zero-order valence-corrected chi connectivity index (χ0v) is 18.7. The van der Waals surface area contributed by atoms with Crippen molar-refractivity contribution in [2.75, 3.05) is 26.7 Å². The molecule has 1 aliphatic rings. The molecule has 6 heteroatoms. The van der Waals surface area contributed by atoms with Crippen molar-refractivity contribution in [1.29, 1.82) is 0 Å². The van der Waals surface area contributed by atoms with Crippen molar-refractivity contribution in [1.82, 2.24) is 19.8 Å². The lowest BCUT2D eigenvalue weighted by Gasteiger charge is -2.32. The molecule has 1 saturated heterocycles. The number of methoxy groups -OCH3 is 1. The zero-order valence-electron chi connectivity index (χ0n) is 18.7. The molecule has 0 saturated carbocycles. The standard InChI is InChI=1S/C25H32N4O2/c1-18-4-5-20(14-19(18)2)16-26-21-8-10-28(11-9-21)12-13-29-24-15-22(31-3)17-27-23(24)6-7-25(29)30/h4-7,14-15,17,21,26H,8-13,16H2,1-3H3. The van der Waals surface area contributed by atoms with Crippen LogP contribution < -0.4 is 15.6 Å². The van der Waals surface area contributed by atoms with Gasteiger partial charge < -0.3 is 19.5 Å². The topological polar surface area (TPSA) is 59.4 Å². The van der Waals surface area contributed by atoms with Gasteiger partial charge in [0.1, 0.15) is 5.75 Å². The van der Waals surface area contributed by atoms with E-state index in [1.165, 1.54) is 16.7 Å². The van der Waals surface area contributed by atoms with E-state index >= 15 is 0 Å². The van der Waals surface area contributed by atoms with E-state index in [-0.39, 0.29) is 5.56 Å². The fourth-order valence-electron chi connectivity index (χ4n) is 4.27. The van der Waals surface area contributed by atoms with Crippen LogP contribution in [0.4, 0.5) is 0 Å². The summed E-state index contributed by atoms with van der Waals surface area (Å²) in [5, 5.41) is 3.72. The summed E-state index contributed by atoms with van der Waals surface area (Å²) in [6.07, 6.45) is 3.95. The van der Waals surface area contributed by atoms with Crippen LogP contribution in [-0.4, -0.2) is 47.2 Å². The van der Waals surface area contributed by atoms with Gasteiger partial charge in [-0.3, -0.25) is 9.78 Å². The molecule has 1 aliphatic heterocycles. The van der Waals surface area contributed by atoms with Crippen molar-refractivity contribution in [2.45, 2.75) is 45.8 Å². The van der Waals surface area contributed by atoms with Gasteiger partial charge in [-0.25, -0.2) is 0 Å². The van der Waals surface area contributed by atoms with Crippen LogP contribution in [0.1, 0.15) is 29.5 Å². The first-order chi connectivity index (χ1) is 15.0. The number of aryl methyl sites for hydroxylation is 2. The van der Waals surface area contributed by atoms with Gasteiger partial charge >= 0.3 is 0 Å². The second-order valence-electron chi connectivity index (χ2n) is 8.52. The van der Waals surface area contributed by atoms with Gasteiger partial charge in [-0.1, -0.05) is 18.2 Å². The average molecular weight is 421 g/mol. The van der Waals surface area contributed by atoms with E-state index < -0.39 is 0 Å². The Bertz CT molecular complexity index is 1100. The molecular formula is C25H32N4O2. The monoisotopic (exact) mass is 420 g/mol. The molecule has 1 N–H and O–H groups in total. The lowest BCUT2D eigenvalue weighted by atomic mass is 10.0. The first-order valence-corrected chi connectivity index (χ1v) is 11.1. The summed E-state index contributed by atoms with van der Waals surface area (Å²) in [5.74, 6) is 0.669. The Morgan fingerprint density at radius 2 is 1.87 bits per heavy atom. The van der Waals surface area contributed by atoms with E-state index in [9.17, 15) is 4.79 Å². The van der Waals surface area contributed by atoms with E-state index in [0.717, 1.165) is 50.1 Å². The summed E-state index contributed by atoms with van der Waals surface area (Å²) in [6.45, 7) is 8.86. The van der Waals surface area contributed by atoms with Gasteiger partial charge in [0.2, 0.25) is 0 Å². The number of rotatable bonds is 7. The molecule has 1 fully saturated rings. The molecule has 0 unspecified atom stereocenters. The third-order valence-corrected chi connectivity index (χ3v) is 6.44. The molecule has 0 radical (unpaired) electrons. The number of nitrogens with one attached hydrogen (secondary N) is 1. The molecular weight excluding hydrogens is 388 g/mol. The number of aromatic nitrogens is 2. The van der Waals surface area contributed by atoms with Crippen LogP contribution in [0.15, 0.2) is 47.4 Å². The second kappa shape index (κ2) is 9.62. The van der Waals surface area contributed by atoms with Gasteiger partial charge in [0, 0.05) is 37.8 Å². The zero-order chi connectivity index (χ0) is 21.8. The molecule has 0 aliphatic carbocycles. The van der Waals surface area contributed by atoms with Crippen molar-refractivity contribution >= 4 is 11.0 Å². The van der Waals surface area contributed by atoms with Crippen molar-refractivity contribution in [3.8, 4) is 5.75 Å². The van der Waals surface area contributed by atoms with Crippen molar-refractivity contribution in [3.63, 3.8) is 0 Å². The highest BCUT2D eigenvalue weighted by atomic mass is 16.5. The highest BCUT2D eigenvalue weighted by molar-refractivity contribution is 5.75. The minimum atomic E-state index is 0.00694. The molecule has 0 atom stereocenters. The number of pyridine rings is 2. The Morgan fingerprint density at radius 1 is 1.06 bits per heavy atom. The minimum Gasteiger partial charge on any atom is -0.495 e. The normalized spacial score (nSPS) is 15.5. The second-order valence-corrected chi connectivity index (χ2v) is 8.52. The first-order valence-electron chi connectivity index (χ1n) is 11.1. The molecule has 2 aromatic heterocycles. The van der Waals surface area contributed by atoms with Gasteiger partial charge in [0.05, 0.1) is 24.3 Å². The predicted molar refractivity (Wildman–Crippen MR) is 125 cm³/mol. The van der Waals surface area contributed by atoms with Crippen molar-refractivity contribution in [3.05, 3.63) is 69.6 Å². The Kier molecular flexibility index (Phi) is 6.68. The van der Waals surface area contributed by atoms with Crippen molar-refractivity contribution in [2.24, 2.45) is 0 Å². The van der Waals surface area contributed by atoms with Gasteiger partial charge in [-0.2, -0.15) is 0 Å². The molecule has 3 aromatic rings. The average Bonchev–Trinajstić information content (AvgIpc) is 2.79. The van der Waals surface area contributed by atoms with Crippen LogP contribution in [0.2, 0.25) is 0 Å². The number of ether oxygens (including phenoxy) is 1. The van der Waals surface area contributed by atoms with Gasteiger partial charge in [0.15, 0.2) is 0 Å². The summed E-state index contributed by atoms with van der Waals surface area (Å²) in [6, 6.07) is 12.5. The summed E-state index contributed by atoms with van der Waals surface area (Å²) in [4.78, 5) is 19.3. The quantitative estimate of drug-likeness (QED) is 0.636. The minimum absolute atomic E-state index is 0.00694. The smallest absolute Gasteiger partial charge is 0.251 e. The summed E-state index contributed by atoms with van der Waals surface area (Å²) in [5.41, 5.74) is 5.70. The van der Waals surface area contributed by atoms with Crippen LogP contribution in [0, 0.1) is 13.8 Å². The van der Waals surface area contributed by atoms with Gasteiger partial charge in [-0.15, -0.1) is 0 Å². The maximum Gasteiger partial charge on any atom is 0.251 e. The van der Waals surface area contributed by atoms with Gasteiger partial charge in [-0.05, 0) is 62.5 Å². The number of likely N-dealkylation sites (tertiary alicyclic amines) is 1.